The van der Waals surface area contributed by atoms with Crippen molar-refractivity contribution in [2.24, 2.45) is 0 Å². The van der Waals surface area contributed by atoms with Crippen molar-refractivity contribution in [3.8, 4) is 12.3 Å². The summed E-state index contributed by atoms with van der Waals surface area (Å²) in [6.45, 7) is 2.79. The van der Waals surface area contributed by atoms with Crippen LogP contribution in [-0.4, -0.2) is 55.3 Å². The Labute approximate surface area is 121 Å². The fraction of sp³-hybridized carbons (Fsp3) is 0.417. The second kappa shape index (κ2) is 6.01. The molecule has 0 bridgehead atoms. The van der Waals surface area contributed by atoms with Gasteiger partial charge in [-0.2, -0.15) is 4.31 Å². The van der Waals surface area contributed by atoms with Gasteiger partial charge < -0.3 is 0 Å². The summed E-state index contributed by atoms with van der Waals surface area (Å²) in [6, 6.07) is 1.57. The largest absolute Gasteiger partial charge is 0.290 e. The summed E-state index contributed by atoms with van der Waals surface area (Å²) in [7, 11) is -3.46. The highest BCUT2D eigenvalue weighted by atomic mass is 79.9. The first-order valence-corrected chi connectivity index (χ1v) is 8.04. The SMILES string of the molecule is C#CCN1CCN(S(=O)(=O)c2cncc(Br)c2)CC1. The van der Waals surface area contributed by atoms with Crippen molar-refractivity contribution in [2.45, 2.75) is 4.90 Å². The summed E-state index contributed by atoms with van der Waals surface area (Å²) in [4.78, 5) is 6.18. The van der Waals surface area contributed by atoms with E-state index >= 15 is 0 Å². The molecule has 1 saturated heterocycles. The third-order valence-electron chi connectivity index (χ3n) is 2.96. The smallest absolute Gasteiger partial charge is 0.244 e. The van der Waals surface area contributed by atoms with Crippen LogP contribution in [0.15, 0.2) is 27.8 Å². The Morgan fingerprint density at radius 2 is 2.00 bits per heavy atom. The number of pyridine rings is 1. The van der Waals surface area contributed by atoms with E-state index in [-0.39, 0.29) is 4.90 Å². The zero-order valence-electron chi connectivity index (χ0n) is 10.3. The lowest BCUT2D eigenvalue weighted by atomic mass is 10.4. The first-order valence-electron chi connectivity index (χ1n) is 5.80. The second-order valence-corrected chi connectivity index (χ2v) is 7.08. The van der Waals surface area contributed by atoms with Gasteiger partial charge in [-0.3, -0.25) is 9.88 Å². The van der Waals surface area contributed by atoms with Crippen LogP contribution in [0.2, 0.25) is 0 Å². The minimum Gasteiger partial charge on any atom is -0.290 e. The molecule has 0 N–H and O–H groups in total. The monoisotopic (exact) mass is 343 g/mol. The lowest BCUT2D eigenvalue weighted by Crippen LogP contribution is -2.48. The minimum atomic E-state index is -3.46. The molecule has 5 nitrogen and oxygen atoms in total. The highest BCUT2D eigenvalue weighted by Crippen LogP contribution is 2.19. The van der Waals surface area contributed by atoms with Crippen LogP contribution in [0.1, 0.15) is 0 Å². The van der Waals surface area contributed by atoms with Crippen molar-refractivity contribution in [3.63, 3.8) is 0 Å². The summed E-state index contributed by atoms with van der Waals surface area (Å²) in [5.74, 6) is 2.57. The summed E-state index contributed by atoms with van der Waals surface area (Å²) in [6.07, 6.45) is 8.18. The molecule has 1 aromatic heterocycles. The molecule has 0 spiro atoms. The lowest BCUT2D eigenvalue weighted by Gasteiger charge is -2.32. The third-order valence-corrected chi connectivity index (χ3v) is 5.26. The molecule has 0 radical (unpaired) electrons. The molecule has 102 valence electrons. The summed E-state index contributed by atoms with van der Waals surface area (Å²) < 4.78 is 26.9. The van der Waals surface area contributed by atoms with Gasteiger partial charge in [0.05, 0.1) is 6.54 Å². The predicted octanol–water partition coefficient (Wildman–Crippen LogP) is 0.784. The zero-order chi connectivity index (χ0) is 13.9. The van der Waals surface area contributed by atoms with E-state index in [4.69, 9.17) is 6.42 Å². The van der Waals surface area contributed by atoms with E-state index in [2.05, 4.69) is 31.7 Å². The normalized spacial score (nSPS) is 18.1. The molecule has 0 atom stereocenters. The molecule has 0 saturated carbocycles. The van der Waals surface area contributed by atoms with Crippen LogP contribution in [0.4, 0.5) is 0 Å². The summed E-state index contributed by atoms with van der Waals surface area (Å²) in [5.41, 5.74) is 0. The van der Waals surface area contributed by atoms with Crippen LogP contribution in [0.25, 0.3) is 0 Å². The molecule has 0 aliphatic carbocycles. The van der Waals surface area contributed by atoms with Crippen LogP contribution >= 0.6 is 15.9 Å². The van der Waals surface area contributed by atoms with Crippen molar-refractivity contribution in [3.05, 3.63) is 22.9 Å². The van der Waals surface area contributed by atoms with Crippen LogP contribution < -0.4 is 0 Å². The molecule has 1 aromatic rings. The average Bonchev–Trinajstić information content (AvgIpc) is 2.40. The van der Waals surface area contributed by atoms with Gasteiger partial charge in [0.15, 0.2) is 0 Å². The van der Waals surface area contributed by atoms with Gasteiger partial charge in [0, 0.05) is 43.0 Å². The van der Waals surface area contributed by atoms with Gasteiger partial charge in [-0.1, -0.05) is 5.92 Å². The second-order valence-electron chi connectivity index (χ2n) is 4.22. The first-order chi connectivity index (χ1) is 9.04. The van der Waals surface area contributed by atoms with Gasteiger partial charge >= 0.3 is 0 Å². The van der Waals surface area contributed by atoms with Gasteiger partial charge in [0.25, 0.3) is 0 Å². The fourth-order valence-electron chi connectivity index (χ4n) is 1.94. The van der Waals surface area contributed by atoms with E-state index in [1.54, 1.807) is 12.3 Å². The number of halogens is 1. The maximum absolute atomic E-state index is 12.4. The summed E-state index contributed by atoms with van der Waals surface area (Å²) in [5, 5.41) is 0. The molecule has 0 unspecified atom stereocenters. The van der Waals surface area contributed by atoms with Gasteiger partial charge in [0.1, 0.15) is 4.90 Å². The number of sulfonamides is 1. The van der Waals surface area contributed by atoms with Crippen LogP contribution in [0, 0.1) is 12.3 Å². The number of rotatable bonds is 3. The predicted molar refractivity (Wildman–Crippen MR) is 76.0 cm³/mol. The molecule has 1 fully saturated rings. The Morgan fingerprint density at radius 1 is 1.32 bits per heavy atom. The van der Waals surface area contributed by atoms with Gasteiger partial charge in [-0.25, -0.2) is 8.42 Å². The molecule has 2 heterocycles. The molecule has 1 aliphatic rings. The van der Waals surface area contributed by atoms with Crippen molar-refractivity contribution < 1.29 is 8.42 Å². The lowest BCUT2D eigenvalue weighted by molar-refractivity contribution is 0.207. The Balaban J connectivity index is 2.12. The van der Waals surface area contributed by atoms with Gasteiger partial charge in [-0.15, -0.1) is 6.42 Å². The Hall–Kier alpha value is -0.940. The number of aromatic nitrogens is 1. The highest BCUT2D eigenvalue weighted by molar-refractivity contribution is 9.10. The van der Waals surface area contributed by atoms with Crippen LogP contribution in [-0.2, 0) is 10.0 Å². The molecule has 19 heavy (non-hydrogen) atoms. The molecule has 7 heteroatoms. The third kappa shape index (κ3) is 3.34. The summed E-state index contributed by atoms with van der Waals surface area (Å²) >= 11 is 3.23. The Kier molecular flexibility index (Phi) is 4.58. The first kappa shape index (κ1) is 14.5. The molecule has 0 amide bonds. The molecular formula is C12H14BrN3O2S. The average molecular weight is 344 g/mol. The topological polar surface area (TPSA) is 53.5 Å². The number of terminal acetylenes is 1. The van der Waals surface area contributed by atoms with Crippen molar-refractivity contribution in [2.75, 3.05) is 32.7 Å². The van der Waals surface area contributed by atoms with Gasteiger partial charge in [0.2, 0.25) is 10.0 Å². The van der Waals surface area contributed by atoms with E-state index in [0.29, 0.717) is 37.2 Å². The number of hydrogen-bond donors (Lipinski definition) is 0. The van der Waals surface area contributed by atoms with E-state index in [1.807, 2.05) is 0 Å². The minimum absolute atomic E-state index is 0.215. The number of nitrogens with zero attached hydrogens (tertiary/aromatic N) is 3. The van der Waals surface area contributed by atoms with Crippen molar-refractivity contribution in [1.82, 2.24) is 14.2 Å². The van der Waals surface area contributed by atoms with E-state index in [9.17, 15) is 8.42 Å². The van der Waals surface area contributed by atoms with Crippen molar-refractivity contribution in [1.29, 1.82) is 0 Å². The highest BCUT2D eigenvalue weighted by Gasteiger charge is 2.28. The molecular weight excluding hydrogens is 330 g/mol. The van der Waals surface area contributed by atoms with Crippen LogP contribution in [0.3, 0.4) is 0 Å². The molecule has 2 rings (SSSR count). The van der Waals surface area contributed by atoms with Crippen LogP contribution in [0.5, 0.6) is 0 Å². The van der Waals surface area contributed by atoms with E-state index < -0.39 is 10.0 Å². The zero-order valence-corrected chi connectivity index (χ0v) is 12.7. The molecule has 0 aromatic carbocycles. The fourth-order valence-corrected chi connectivity index (χ4v) is 3.87. The maximum Gasteiger partial charge on any atom is 0.244 e. The number of hydrogen-bond acceptors (Lipinski definition) is 4. The quantitative estimate of drug-likeness (QED) is 0.761. The van der Waals surface area contributed by atoms with Crippen molar-refractivity contribution >= 4 is 26.0 Å². The van der Waals surface area contributed by atoms with E-state index in [0.717, 1.165) is 0 Å². The van der Waals surface area contributed by atoms with E-state index in [1.165, 1.54) is 10.5 Å². The maximum atomic E-state index is 12.4. The molecule has 1 aliphatic heterocycles. The van der Waals surface area contributed by atoms with Gasteiger partial charge in [-0.05, 0) is 22.0 Å². The standard InChI is InChI=1S/C12H14BrN3O2S/c1-2-3-15-4-6-16(7-5-15)19(17,18)12-8-11(13)9-14-10-12/h1,8-10H,3-7H2. The Bertz CT molecular complexity index is 589. The number of piperazine rings is 1. The Morgan fingerprint density at radius 3 is 2.58 bits per heavy atom.